The number of thioether (sulfide) groups is 1. The van der Waals surface area contributed by atoms with Crippen LogP contribution in [0.2, 0.25) is 0 Å². The summed E-state index contributed by atoms with van der Waals surface area (Å²) in [5.74, 6) is 1.15. The van der Waals surface area contributed by atoms with Gasteiger partial charge in [-0.25, -0.2) is 9.97 Å². The van der Waals surface area contributed by atoms with E-state index in [0.29, 0.717) is 17.1 Å². The summed E-state index contributed by atoms with van der Waals surface area (Å²) in [6, 6.07) is 10.0. The topological polar surface area (TPSA) is 47.8 Å². The van der Waals surface area contributed by atoms with E-state index in [-0.39, 0.29) is 5.56 Å². The smallest absolute Gasteiger partial charge is 0.263 e. The Hall–Kier alpha value is -1.96. The van der Waals surface area contributed by atoms with E-state index in [0.717, 1.165) is 31.8 Å². The average Bonchev–Trinajstić information content (AvgIpc) is 3.31. The normalized spacial score (nSPS) is 11.6. The molecule has 3 aromatic heterocycles. The van der Waals surface area contributed by atoms with E-state index in [9.17, 15) is 4.79 Å². The summed E-state index contributed by atoms with van der Waals surface area (Å²) in [5, 5.41) is 6.70. The van der Waals surface area contributed by atoms with Crippen molar-refractivity contribution in [1.82, 2.24) is 14.5 Å². The molecule has 7 heteroatoms. The number of rotatable bonds is 5. The second kappa shape index (κ2) is 7.58. The third kappa shape index (κ3) is 3.59. The van der Waals surface area contributed by atoms with E-state index in [1.807, 2.05) is 35.7 Å². The first kappa shape index (κ1) is 18.4. The van der Waals surface area contributed by atoms with Crippen molar-refractivity contribution in [2.24, 2.45) is 7.05 Å². The van der Waals surface area contributed by atoms with Gasteiger partial charge >= 0.3 is 0 Å². The lowest BCUT2D eigenvalue weighted by Crippen LogP contribution is -2.19. The maximum Gasteiger partial charge on any atom is 0.263 e. The van der Waals surface area contributed by atoms with Gasteiger partial charge in [0.1, 0.15) is 4.83 Å². The number of aromatic nitrogens is 3. The lowest BCUT2D eigenvalue weighted by Gasteiger charge is -2.07. The van der Waals surface area contributed by atoms with Gasteiger partial charge in [-0.2, -0.15) is 0 Å². The molecule has 0 fully saturated rings. The standard InChI is InChI=1S/C20H19N3OS3/c1-12(2)17-21-14(9-25-17)10-27-20-22-18-16(19(24)23(20)3)15(11-26-18)13-7-5-4-6-8-13/h4-9,11-12H,10H2,1-3H3. The maximum absolute atomic E-state index is 13.0. The minimum absolute atomic E-state index is 0.00347. The Morgan fingerprint density at radius 2 is 1.89 bits per heavy atom. The van der Waals surface area contributed by atoms with Crippen molar-refractivity contribution in [3.8, 4) is 11.1 Å². The molecule has 3 heterocycles. The maximum atomic E-state index is 13.0. The van der Waals surface area contributed by atoms with Gasteiger partial charge in [0.15, 0.2) is 5.16 Å². The van der Waals surface area contributed by atoms with Crippen molar-refractivity contribution in [1.29, 1.82) is 0 Å². The molecule has 1 aromatic carbocycles. The highest BCUT2D eigenvalue weighted by Gasteiger charge is 2.16. The molecule has 0 bridgehead atoms. The number of hydrogen-bond donors (Lipinski definition) is 0. The molecule has 4 nitrogen and oxygen atoms in total. The van der Waals surface area contributed by atoms with E-state index in [1.165, 1.54) is 11.3 Å². The van der Waals surface area contributed by atoms with Gasteiger partial charge < -0.3 is 0 Å². The van der Waals surface area contributed by atoms with Gasteiger partial charge in [-0.1, -0.05) is 55.9 Å². The monoisotopic (exact) mass is 413 g/mol. The molecule has 0 aliphatic rings. The van der Waals surface area contributed by atoms with Gasteiger partial charge in [0.05, 0.1) is 16.1 Å². The van der Waals surface area contributed by atoms with Crippen molar-refractivity contribution < 1.29 is 0 Å². The molecule has 0 saturated carbocycles. The Morgan fingerprint density at radius 3 is 2.59 bits per heavy atom. The molecule has 138 valence electrons. The van der Waals surface area contributed by atoms with Crippen molar-refractivity contribution in [2.75, 3.05) is 0 Å². The summed E-state index contributed by atoms with van der Waals surface area (Å²) in [6.07, 6.45) is 0. The SMILES string of the molecule is CC(C)c1nc(CSc2nc3scc(-c4ccccc4)c3c(=O)n2C)cs1. The summed E-state index contributed by atoms with van der Waals surface area (Å²) in [4.78, 5) is 23.2. The Labute approximate surface area is 169 Å². The highest BCUT2D eigenvalue weighted by molar-refractivity contribution is 7.98. The van der Waals surface area contributed by atoms with Crippen LogP contribution >= 0.6 is 34.4 Å². The lowest BCUT2D eigenvalue weighted by atomic mass is 10.1. The molecule has 27 heavy (non-hydrogen) atoms. The van der Waals surface area contributed by atoms with Crippen LogP contribution in [0.4, 0.5) is 0 Å². The highest BCUT2D eigenvalue weighted by atomic mass is 32.2. The van der Waals surface area contributed by atoms with Crippen LogP contribution < -0.4 is 5.56 Å². The van der Waals surface area contributed by atoms with Crippen molar-refractivity contribution >= 4 is 44.7 Å². The second-order valence-electron chi connectivity index (χ2n) is 6.57. The number of hydrogen-bond acceptors (Lipinski definition) is 6. The Morgan fingerprint density at radius 1 is 1.11 bits per heavy atom. The van der Waals surface area contributed by atoms with Crippen LogP contribution in [-0.2, 0) is 12.8 Å². The lowest BCUT2D eigenvalue weighted by molar-refractivity contribution is 0.728. The molecule has 0 aliphatic heterocycles. The summed E-state index contributed by atoms with van der Waals surface area (Å²) < 4.78 is 1.65. The molecular weight excluding hydrogens is 394 g/mol. The fraction of sp³-hybridized carbons (Fsp3) is 0.250. The number of thiazole rings is 1. The number of benzene rings is 1. The van der Waals surface area contributed by atoms with Gasteiger partial charge in [0, 0.05) is 35.0 Å². The number of thiophene rings is 1. The van der Waals surface area contributed by atoms with Gasteiger partial charge in [0.25, 0.3) is 5.56 Å². The first-order valence-corrected chi connectivity index (χ1v) is 11.4. The first-order chi connectivity index (χ1) is 13.0. The molecule has 0 radical (unpaired) electrons. The van der Waals surface area contributed by atoms with Gasteiger partial charge in [0.2, 0.25) is 0 Å². The summed E-state index contributed by atoms with van der Waals surface area (Å²) in [6.45, 7) is 4.30. The molecule has 4 aromatic rings. The highest BCUT2D eigenvalue weighted by Crippen LogP contribution is 2.32. The third-order valence-corrected chi connectivity index (χ3v) is 7.40. The van der Waals surface area contributed by atoms with Gasteiger partial charge in [-0.3, -0.25) is 9.36 Å². The molecule has 0 atom stereocenters. The zero-order chi connectivity index (χ0) is 19.0. The van der Waals surface area contributed by atoms with E-state index < -0.39 is 0 Å². The van der Waals surface area contributed by atoms with Crippen LogP contribution in [-0.4, -0.2) is 14.5 Å². The minimum atomic E-state index is 0.00347. The van der Waals surface area contributed by atoms with E-state index in [2.05, 4.69) is 24.2 Å². The second-order valence-corrected chi connectivity index (χ2v) is 9.26. The number of nitrogens with zero attached hydrogens (tertiary/aromatic N) is 3. The molecule has 0 amide bonds. The van der Waals surface area contributed by atoms with Crippen molar-refractivity contribution in [3.05, 3.63) is 62.1 Å². The quantitative estimate of drug-likeness (QED) is 0.319. The van der Waals surface area contributed by atoms with E-state index in [4.69, 9.17) is 4.98 Å². The van der Waals surface area contributed by atoms with Crippen LogP contribution in [0.15, 0.2) is 51.0 Å². The zero-order valence-corrected chi connectivity index (χ0v) is 17.8. The third-order valence-electron chi connectivity index (χ3n) is 4.27. The fourth-order valence-corrected chi connectivity index (χ4v) is 5.60. The van der Waals surface area contributed by atoms with Crippen LogP contribution in [0.5, 0.6) is 0 Å². The van der Waals surface area contributed by atoms with E-state index in [1.54, 1.807) is 34.7 Å². The molecule has 0 unspecified atom stereocenters. The number of fused-ring (bicyclic) bond motifs is 1. The van der Waals surface area contributed by atoms with Gasteiger partial charge in [-0.05, 0) is 5.56 Å². The Kier molecular flexibility index (Phi) is 5.16. The molecular formula is C20H19N3OS3. The first-order valence-electron chi connectivity index (χ1n) is 8.65. The zero-order valence-electron chi connectivity index (χ0n) is 15.3. The van der Waals surface area contributed by atoms with E-state index >= 15 is 0 Å². The summed E-state index contributed by atoms with van der Waals surface area (Å²) in [5.41, 5.74) is 3.05. The minimum Gasteiger partial charge on any atom is -0.290 e. The molecule has 0 spiro atoms. The van der Waals surface area contributed by atoms with Crippen LogP contribution in [0.25, 0.3) is 21.3 Å². The summed E-state index contributed by atoms with van der Waals surface area (Å²) in [7, 11) is 1.80. The Balaban J connectivity index is 1.67. The van der Waals surface area contributed by atoms with Gasteiger partial charge in [-0.15, -0.1) is 22.7 Å². The van der Waals surface area contributed by atoms with Crippen LogP contribution in [0.1, 0.15) is 30.5 Å². The molecule has 4 rings (SSSR count). The van der Waals surface area contributed by atoms with Crippen molar-refractivity contribution in [2.45, 2.75) is 30.7 Å². The molecule has 0 N–H and O–H groups in total. The van der Waals surface area contributed by atoms with Crippen LogP contribution in [0.3, 0.4) is 0 Å². The average molecular weight is 414 g/mol. The molecule has 0 aliphatic carbocycles. The predicted octanol–water partition coefficient (Wildman–Crippen LogP) is 5.53. The molecule has 0 saturated heterocycles. The van der Waals surface area contributed by atoms with Crippen LogP contribution in [0, 0.1) is 0 Å². The Bertz CT molecular complexity index is 1140. The fourth-order valence-electron chi connectivity index (χ4n) is 2.80. The summed E-state index contributed by atoms with van der Waals surface area (Å²) >= 11 is 4.78. The predicted molar refractivity (Wildman–Crippen MR) is 116 cm³/mol. The van der Waals surface area contributed by atoms with Crippen molar-refractivity contribution in [3.63, 3.8) is 0 Å². The largest absolute Gasteiger partial charge is 0.290 e.